The maximum atomic E-state index is 12.7. The third-order valence-electron chi connectivity index (χ3n) is 2.57. The zero-order chi connectivity index (χ0) is 15.5. The number of hydrogen-bond acceptors (Lipinski definition) is 3. The minimum atomic E-state index is -4.50. The van der Waals surface area contributed by atoms with E-state index in [-0.39, 0.29) is 22.5 Å². The molecule has 0 fully saturated rings. The van der Waals surface area contributed by atoms with Gasteiger partial charge < -0.3 is 9.32 Å². The minimum Gasteiger partial charge on any atom is -0.467 e. The lowest BCUT2D eigenvalue weighted by molar-refractivity contribution is -0.142. The van der Waals surface area contributed by atoms with E-state index in [1.54, 1.807) is 6.07 Å². The highest BCUT2D eigenvalue weighted by Gasteiger charge is 2.34. The molecule has 21 heavy (non-hydrogen) atoms. The standard InChI is InChI=1S/C13H10BrF3N2O2/c14-11-10(4-1-5-18-11)12(20)19(8-13(15,16)17)7-9-3-2-6-21-9/h1-6H,7-8H2. The molecule has 0 aliphatic rings. The Bertz CT molecular complexity index is 614. The number of rotatable bonds is 4. The summed E-state index contributed by atoms with van der Waals surface area (Å²) in [5.74, 6) is -0.503. The van der Waals surface area contributed by atoms with Crippen molar-refractivity contribution in [2.24, 2.45) is 0 Å². The van der Waals surface area contributed by atoms with Crippen molar-refractivity contribution in [2.45, 2.75) is 12.7 Å². The van der Waals surface area contributed by atoms with Crippen LogP contribution in [0, 0.1) is 0 Å². The monoisotopic (exact) mass is 362 g/mol. The topological polar surface area (TPSA) is 46.3 Å². The maximum Gasteiger partial charge on any atom is 0.406 e. The molecule has 0 spiro atoms. The first-order valence-corrected chi connectivity index (χ1v) is 6.65. The van der Waals surface area contributed by atoms with Gasteiger partial charge in [-0.3, -0.25) is 4.79 Å². The maximum absolute atomic E-state index is 12.7. The fourth-order valence-corrected chi connectivity index (χ4v) is 2.14. The highest BCUT2D eigenvalue weighted by atomic mass is 79.9. The summed E-state index contributed by atoms with van der Waals surface area (Å²) in [6.07, 6.45) is -1.73. The first-order valence-electron chi connectivity index (χ1n) is 5.86. The molecule has 0 atom stereocenters. The number of carbonyl (C=O) groups excluding carboxylic acids is 1. The van der Waals surface area contributed by atoms with Crippen LogP contribution in [0.2, 0.25) is 0 Å². The van der Waals surface area contributed by atoms with Gasteiger partial charge in [0, 0.05) is 6.20 Å². The molecule has 2 aromatic rings. The van der Waals surface area contributed by atoms with Gasteiger partial charge in [-0.05, 0) is 40.2 Å². The molecule has 0 saturated heterocycles. The average Bonchev–Trinajstić information content (AvgIpc) is 2.89. The van der Waals surface area contributed by atoms with E-state index in [2.05, 4.69) is 20.9 Å². The molecule has 2 heterocycles. The summed E-state index contributed by atoms with van der Waals surface area (Å²) < 4.78 is 43.2. The van der Waals surface area contributed by atoms with E-state index in [0.717, 1.165) is 0 Å². The van der Waals surface area contributed by atoms with Gasteiger partial charge >= 0.3 is 6.18 Å². The number of aromatic nitrogens is 1. The molecule has 0 aliphatic carbocycles. The predicted octanol–water partition coefficient (Wildman–Crippen LogP) is 3.64. The molecule has 0 unspecified atom stereocenters. The van der Waals surface area contributed by atoms with E-state index in [0.29, 0.717) is 4.90 Å². The molecule has 0 aromatic carbocycles. The van der Waals surface area contributed by atoms with Crippen LogP contribution in [0.4, 0.5) is 13.2 Å². The van der Waals surface area contributed by atoms with Gasteiger partial charge in [0.1, 0.15) is 16.9 Å². The quantitative estimate of drug-likeness (QED) is 0.780. The molecule has 112 valence electrons. The second kappa shape index (κ2) is 6.30. The molecule has 1 amide bonds. The number of furan rings is 1. The van der Waals surface area contributed by atoms with Crippen LogP contribution in [0.3, 0.4) is 0 Å². The summed E-state index contributed by atoms with van der Waals surface area (Å²) >= 11 is 3.06. The summed E-state index contributed by atoms with van der Waals surface area (Å²) in [7, 11) is 0. The fraction of sp³-hybridized carbons (Fsp3) is 0.231. The zero-order valence-electron chi connectivity index (χ0n) is 10.6. The van der Waals surface area contributed by atoms with E-state index >= 15 is 0 Å². The van der Waals surface area contributed by atoms with Crippen molar-refractivity contribution >= 4 is 21.8 Å². The number of halogens is 4. The Labute approximate surface area is 126 Å². The first kappa shape index (κ1) is 15.6. The lowest BCUT2D eigenvalue weighted by Crippen LogP contribution is -2.38. The Morgan fingerprint density at radius 3 is 2.67 bits per heavy atom. The molecule has 0 saturated carbocycles. The van der Waals surface area contributed by atoms with Gasteiger partial charge in [-0.15, -0.1) is 0 Å². The van der Waals surface area contributed by atoms with Crippen LogP contribution in [0.5, 0.6) is 0 Å². The van der Waals surface area contributed by atoms with Crippen LogP contribution in [-0.2, 0) is 6.54 Å². The summed E-state index contributed by atoms with van der Waals surface area (Å²) in [4.78, 5) is 16.8. The molecule has 0 bridgehead atoms. The molecule has 4 nitrogen and oxygen atoms in total. The fourth-order valence-electron chi connectivity index (χ4n) is 1.72. The molecular weight excluding hydrogens is 353 g/mol. The van der Waals surface area contributed by atoms with E-state index in [4.69, 9.17) is 4.42 Å². The van der Waals surface area contributed by atoms with Crippen molar-refractivity contribution in [1.82, 2.24) is 9.88 Å². The number of hydrogen-bond donors (Lipinski definition) is 0. The summed E-state index contributed by atoms with van der Waals surface area (Å²) in [6, 6.07) is 5.95. The predicted molar refractivity (Wildman–Crippen MR) is 71.4 cm³/mol. The van der Waals surface area contributed by atoms with Crippen LogP contribution in [-0.4, -0.2) is 28.5 Å². The molecule has 0 N–H and O–H groups in total. The Balaban J connectivity index is 2.26. The van der Waals surface area contributed by atoms with Gasteiger partial charge in [0.25, 0.3) is 5.91 Å². The van der Waals surface area contributed by atoms with Crippen molar-refractivity contribution in [3.63, 3.8) is 0 Å². The van der Waals surface area contributed by atoms with Gasteiger partial charge in [0.05, 0.1) is 18.4 Å². The highest BCUT2D eigenvalue weighted by Crippen LogP contribution is 2.22. The van der Waals surface area contributed by atoms with Gasteiger partial charge in [-0.2, -0.15) is 13.2 Å². The Morgan fingerprint density at radius 1 is 1.33 bits per heavy atom. The lowest BCUT2D eigenvalue weighted by atomic mass is 10.2. The summed E-state index contributed by atoms with van der Waals surface area (Å²) in [6.45, 7) is -1.64. The lowest BCUT2D eigenvalue weighted by Gasteiger charge is -2.23. The second-order valence-electron chi connectivity index (χ2n) is 4.20. The van der Waals surface area contributed by atoms with E-state index in [1.807, 2.05) is 0 Å². The number of nitrogens with zero attached hydrogens (tertiary/aromatic N) is 2. The van der Waals surface area contributed by atoms with Crippen molar-refractivity contribution in [2.75, 3.05) is 6.54 Å². The van der Waals surface area contributed by atoms with Crippen LogP contribution < -0.4 is 0 Å². The molecule has 2 aromatic heterocycles. The molecular formula is C13H10BrF3N2O2. The van der Waals surface area contributed by atoms with Crippen molar-refractivity contribution in [1.29, 1.82) is 0 Å². The van der Waals surface area contributed by atoms with E-state index in [9.17, 15) is 18.0 Å². The van der Waals surface area contributed by atoms with Gasteiger partial charge in [0.15, 0.2) is 0 Å². The van der Waals surface area contributed by atoms with Gasteiger partial charge in [-0.1, -0.05) is 0 Å². The third-order valence-corrected chi connectivity index (χ3v) is 3.21. The second-order valence-corrected chi connectivity index (χ2v) is 4.95. The highest BCUT2D eigenvalue weighted by molar-refractivity contribution is 9.10. The normalized spacial score (nSPS) is 11.4. The Hall–Kier alpha value is -1.83. The van der Waals surface area contributed by atoms with Crippen molar-refractivity contribution in [3.05, 3.63) is 52.7 Å². The van der Waals surface area contributed by atoms with Crippen molar-refractivity contribution < 1.29 is 22.4 Å². The first-order chi connectivity index (χ1) is 9.87. The Kier molecular flexibility index (Phi) is 4.66. The zero-order valence-corrected chi connectivity index (χ0v) is 12.2. The van der Waals surface area contributed by atoms with Crippen LogP contribution >= 0.6 is 15.9 Å². The van der Waals surface area contributed by atoms with Gasteiger partial charge in [0.2, 0.25) is 0 Å². The molecule has 8 heteroatoms. The SMILES string of the molecule is O=C(c1cccnc1Br)N(Cc1ccco1)CC(F)(F)F. The van der Waals surface area contributed by atoms with E-state index < -0.39 is 18.6 Å². The van der Waals surface area contributed by atoms with Crippen LogP contribution in [0.1, 0.15) is 16.1 Å². The molecule has 0 aliphatic heterocycles. The minimum absolute atomic E-state index is 0.0632. The smallest absolute Gasteiger partial charge is 0.406 e. The molecule has 2 rings (SSSR count). The molecule has 0 radical (unpaired) electrons. The number of pyridine rings is 1. The summed E-state index contributed by atoms with van der Waals surface area (Å²) in [5, 5.41) is 0. The van der Waals surface area contributed by atoms with Crippen LogP contribution in [0.15, 0.2) is 45.7 Å². The van der Waals surface area contributed by atoms with Crippen molar-refractivity contribution in [3.8, 4) is 0 Å². The van der Waals surface area contributed by atoms with Gasteiger partial charge in [-0.25, -0.2) is 4.98 Å². The Morgan fingerprint density at radius 2 is 2.10 bits per heavy atom. The third kappa shape index (κ3) is 4.32. The summed E-state index contributed by atoms with van der Waals surface area (Å²) in [5.41, 5.74) is 0.0632. The number of amides is 1. The number of alkyl halides is 3. The van der Waals surface area contributed by atoms with E-state index in [1.165, 1.54) is 30.7 Å². The largest absolute Gasteiger partial charge is 0.467 e. The van der Waals surface area contributed by atoms with Crippen LogP contribution in [0.25, 0.3) is 0 Å². The average molecular weight is 363 g/mol. The number of carbonyl (C=O) groups is 1.